The number of carboxylic acid groups (broad SMARTS) is 1. The van der Waals surface area contributed by atoms with Gasteiger partial charge in [-0.05, 0) is 41.5 Å². The number of halogens is 2. The van der Waals surface area contributed by atoms with E-state index in [0.29, 0.717) is 12.2 Å². The molecule has 0 aromatic heterocycles. The van der Waals surface area contributed by atoms with Crippen molar-refractivity contribution < 1.29 is 19.0 Å². The van der Waals surface area contributed by atoms with Crippen LogP contribution in [-0.2, 0) is 18.0 Å². The molecule has 2 aromatic rings. The highest BCUT2D eigenvalue weighted by Crippen LogP contribution is 2.14. The summed E-state index contributed by atoms with van der Waals surface area (Å²) in [6.07, 6.45) is 0. The van der Waals surface area contributed by atoms with E-state index in [1.54, 1.807) is 0 Å². The molecule has 5 heteroatoms. The quantitative estimate of drug-likeness (QED) is 0.896. The van der Waals surface area contributed by atoms with Gasteiger partial charge in [-0.1, -0.05) is 28.1 Å². The SMILES string of the molecule is O=C(O)c1cc(F)cc(COCc2ccc(Br)cc2)c1. The van der Waals surface area contributed by atoms with Crippen molar-refractivity contribution in [2.75, 3.05) is 0 Å². The van der Waals surface area contributed by atoms with E-state index >= 15 is 0 Å². The topological polar surface area (TPSA) is 46.5 Å². The molecule has 3 nitrogen and oxygen atoms in total. The van der Waals surface area contributed by atoms with Crippen molar-refractivity contribution in [1.29, 1.82) is 0 Å². The molecule has 2 rings (SSSR count). The standard InChI is InChI=1S/C15H12BrFO3/c16-13-3-1-10(2-4-13)8-20-9-11-5-12(15(18)19)7-14(17)6-11/h1-7H,8-9H2,(H,18,19). The van der Waals surface area contributed by atoms with Crippen LogP contribution in [0.4, 0.5) is 4.39 Å². The minimum Gasteiger partial charge on any atom is -0.478 e. The van der Waals surface area contributed by atoms with Crippen molar-refractivity contribution in [3.8, 4) is 0 Å². The first-order valence-electron chi connectivity index (χ1n) is 5.89. The number of aromatic carboxylic acids is 1. The summed E-state index contributed by atoms with van der Waals surface area (Å²) >= 11 is 3.34. The Balaban J connectivity index is 1.97. The molecule has 0 saturated heterocycles. The van der Waals surface area contributed by atoms with E-state index in [-0.39, 0.29) is 12.2 Å². The molecule has 0 radical (unpaired) electrons. The zero-order valence-corrected chi connectivity index (χ0v) is 12.1. The normalized spacial score (nSPS) is 10.5. The number of carboxylic acids is 1. The van der Waals surface area contributed by atoms with Crippen molar-refractivity contribution in [2.24, 2.45) is 0 Å². The summed E-state index contributed by atoms with van der Waals surface area (Å²) < 4.78 is 19.7. The van der Waals surface area contributed by atoms with Gasteiger partial charge in [-0.3, -0.25) is 0 Å². The van der Waals surface area contributed by atoms with Gasteiger partial charge in [0, 0.05) is 4.47 Å². The molecular weight excluding hydrogens is 327 g/mol. The van der Waals surface area contributed by atoms with Crippen LogP contribution in [0.2, 0.25) is 0 Å². The molecule has 0 heterocycles. The van der Waals surface area contributed by atoms with E-state index in [1.165, 1.54) is 12.1 Å². The summed E-state index contributed by atoms with van der Waals surface area (Å²) in [5.74, 6) is -1.73. The summed E-state index contributed by atoms with van der Waals surface area (Å²) in [7, 11) is 0. The minimum absolute atomic E-state index is 0.0766. The fraction of sp³-hybridized carbons (Fsp3) is 0.133. The summed E-state index contributed by atoms with van der Waals surface area (Å²) in [5.41, 5.74) is 1.41. The molecule has 0 fully saturated rings. The van der Waals surface area contributed by atoms with Crippen LogP contribution < -0.4 is 0 Å². The van der Waals surface area contributed by atoms with E-state index < -0.39 is 11.8 Å². The zero-order valence-electron chi connectivity index (χ0n) is 10.5. The second kappa shape index (κ2) is 6.63. The van der Waals surface area contributed by atoms with Gasteiger partial charge in [0.25, 0.3) is 0 Å². The lowest BCUT2D eigenvalue weighted by atomic mass is 10.1. The van der Waals surface area contributed by atoms with Gasteiger partial charge in [0.15, 0.2) is 0 Å². The molecular formula is C15H12BrFO3. The van der Waals surface area contributed by atoms with Crippen molar-refractivity contribution >= 4 is 21.9 Å². The smallest absolute Gasteiger partial charge is 0.335 e. The zero-order chi connectivity index (χ0) is 14.5. The lowest BCUT2D eigenvalue weighted by Gasteiger charge is -2.06. The maximum Gasteiger partial charge on any atom is 0.335 e. The molecule has 0 saturated carbocycles. The van der Waals surface area contributed by atoms with Gasteiger partial charge in [0.05, 0.1) is 18.8 Å². The van der Waals surface area contributed by atoms with Gasteiger partial charge in [-0.2, -0.15) is 0 Å². The van der Waals surface area contributed by atoms with Crippen molar-refractivity contribution in [2.45, 2.75) is 13.2 Å². The van der Waals surface area contributed by atoms with Gasteiger partial charge in [-0.25, -0.2) is 9.18 Å². The Kier molecular flexibility index (Phi) is 4.87. The predicted molar refractivity (Wildman–Crippen MR) is 76.0 cm³/mol. The molecule has 0 bridgehead atoms. The van der Waals surface area contributed by atoms with Crippen LogP contribution in [0.15, 0.2) is 46.9 Å². The fourth-order valence-corrected chi connectivity index (χ4v) is 1.99. The third-order valence-electron chi connectivity index (χ3n) is 2.66. The van der Waals surface area contributed by atoms with Crippen LogP contribution in [0, 0.1) is 5.82 Å². The van der Waals surface area contributed by atoms with Gasteiger partial charge in [-0.15, -0.1) is 0 Å². The third kappa shape index (κ3) is 4.15. The second-order valence-electron chi connectivity index (χ2n) is 4.27. The largest absolute Gasteiger partial charge is 0.478 e. The molecule has 0 aliphatic heterocycles. The summed E-state index contributed by atoms with van der Waals surface area (Å²) in [4.78, 5) is 10.8. The number of benzene rings is 2. The third-order valence-corrected chi connectivity index (χ3v) is 3.18. The fourth-order valence-electron chi connectivity index (χ4n) is 1.72. The molecule has 104 valence electrons. The van der Waals surface area contributed by atoms with Crippen LogP contribution in [0.5, 0.6) is 0 Å². The molecule has 1 N–H and O–H groups in total. The summed E-state index contributed by atoms with van der Waals surface area (Å²) in [6.45, 7) is 0.542. The van der Waals surface area contributed by atoms with Crippen LogP contribution in [0.1, 0.15) is 21.5 Å². The first kappa shape index (κ1) is 14.7. The van der Waals surface area contributed by atoms with Crippen molar-refractivity contribution in [1.82, 2.24) is 0 Å². The number of rotatable bonds is 5. The Morgan fingerprint density at radius 1 is 1.10 bits per heavy atom. The van der Waals surface area contributed by atoms with Crippen LogP contribution >= 0.6 is 15.9 Å². The molecule has 2 aromatic carbocycles. The molecule has 0 aliphatic carbocycles. The van der Waals surface area contributed by atoms with Crippen molar-refractivity contribution in [3.05, 3.63) is 69.4 Å². The van der Waals surface area contributed by atoms with Crippen molar-refractivity contribution in [3.63, 3.8) is 0 Å². The summed E-state index contributed by atoms with van der Waals surface area (Å²) in [5, 5.41) is 8.85. The van der Waals surface area contributed by atoms with E-state index in [4.69, 9.17) is 9.84 Å². The summed E-state index contributed by atoms with van der Waals surface area (Å²) in [6, 6.07) is 11.3. The van der Waals surface area contributed by atoms with Crippen LogP contribution in [0.3, 0.4) is 0 Å². The first-order valence-corrected chi connectivity index (χ1v) is 6.69. The molecule has 0 aliphatic rings. The Bertz CT molecular complexity index is 611. The van der Waals surface area contributed by atoms with E-state index in [9.17, 15) is 9.18 Å². The van der Waals surface area contributed by atoms with Gasteiger partial charge in [0.1, 0.15) is 5.82 Å². The highest BCUT2D eigenvalue weighted by atomic mass is 79.9. The Hall–Kier alpha value is -1.72. The predicted octanol–water partition coefficient (Wildman–Crippen LogP) is 4.00. The van der Waals surface area contributed by atoms with Gasteiger partial charge in [0.2, 0.25) is 0 Å². The molecule has 0 atom stereocenters. The van der Waals surface area contributed by atoms with E-state index in [1.807, 2.05) is 24.3 Å². The molecule has 0 amide bonds. The second-order valence-corrected chi connectivity index (χ2v) is 5.19. The average Bonchev–Trinajstić information content (AvgIpc) is 2.40. The highest BCUT2D eigenvalue weighted by Gasteiger charge is 2.07. The maximum atomic E-state index is 13.3. The Morgan fingerprint density at radius 3 is 2.40 bits per heavy atom. The highest BCUT2D eigenvalue weighted by molar-refractivity contribution is 9.10. The van der Waals surface area contributed by atoms with Crippen LogP contribution in [-0.4, -0.2) is 11.1 Å². The number of ether oxygens (including phenoxy) is 1. The van der Waals surface area contributed by atoms with E-state index in [0.717, 1.165) is 16.1 Å². The van der Waals surface area contributed by atoms with E-state index in [2.05, 4.69) is 15.9 Å². The number of carbonyl (C=O) groups is 1. The number of hydrogen-bond acceptors (Lipinski definition) is 2. The minimum atomic E-state index is -1.15. The lowest BCUT2D eigenvalue weighted by Crippen LogP contribution is -2.01. The average molecular weight is 339 g/mol. The maximum absolute atomic E-state index is 13.3. The van der Waals surface area contributed by atoms with Crippen LogP contribution in [0.25, 0.3) is 0 Å². The number of hydrogen-bond donors (Lipinski definition) is 1. The molecule has 20 heavy (non-hydrogen) atoms. The van der Waals surface area contributed by atoms with Gasteiger partial charge >= 0.3 is 5.97 Å². The monoisotopic (exact) mass is 338 g/mol. The first-order chi connectivity index (χ1) is 9.54. The lowest BCUT2D eigenvalue weighted by molar-refractivity contribution is 0.0695. The Morgan fingerprint density at radius 2 is 1.75 bits per heavy atom. The molecule has 0 spiro atoms. The molecule has 0 unspecified atom stereocenters. The Labute approximate surface area is 124 Å². The van der Waals surface area contributed by atoms with Gasteiger partial charge < -0.3 is 9.84 Å².